The summed E-state index contributed by atoms with van der Waals surface area (Å²) in [5.41, 5.74) is 1.31. The van der Waals surface area contributed by atoms with E-state index < -0.39 is 0 Å². The van der Waals surface area contributed by atoms with Crippen molar-refractivity contribution >= 4 is 11.8 Å². The molecule has 1 aliphatic rings. The maximum atomic E-state index is 4.25. The molecular formula is C11H19N3S. The molecule has 2 atom stereocenters. The Morgan fingerprint density at radius 1 is 1.60 bits per heavy atom. The Bertz CT molecular complexity index is 321. The Morgan fingerprint density at radius 2 is 2.40 bits per heavy atom. The minimum absolute atomic E-state index is 0.415. The second-order valence-corrected chi connectivity index (χ2v) is 5.94. The van der Waals surface area contributed by atoms with Crippen LogP contribution in [0.4, 0.5) is 0 Å². The molecule has 2 heterocycles. The molecule has 3 nitrogen and oxygen atoms in total. The lowest BCUT2D eigenvalue weighted by molar-refractivity contribution is 0.529. The van der Waals surface area contributed by atoms with Gasteiger partial charge in [0.15, 0.2) is 0 Å². The van der Waals surface area contributed by atoms with Crippen LogP contribution in [0.1, 0.15) is 44.3 Å². The number of hydrogen-bond acceptors (Lipinski definition) is 3. The standard InChI is InChI=1S/C11H19N3S/c1-8(2)14-7-12-6-10(14)11-13-5-4-9(3)15-11/h6-9,11,13H,4-5H2,1-3H3. The van der Waals surface area contributed by atoms with Crippen LogP contribution < -0.4 is 5.32 Å². The minimum Gasteiger partial charge on any atom is -0.330 e. The highest BCUT2D eigenvalue weighted by molar-refractivity contribution is 8.00. The van der Waals surface area contributed by atoms with Crippen LogP contribution in [-0.2, 0) is 0 Å². The number of hydrogen-bond donors (Lipinski definition) is 1. The van der Waals surface area contributed by atoms with Crippen molar-refractivity contribution in [3.63, 3.8) is 0 Å². The number of thioether (sulfide) groups is 1. The highest BCUT2D eigenvalue weighted by atomic mass is 32.2. The van der Waals surface area contributed by atoms with E-state index in [2.05, 4.69) is 35.6 Å². The van der Waals surface area contributed by atoms with E-state index in [1.165, 1.54) is 12.1 Å². The molecular weight excluding hydrogens is 206 g/mol. The molecule has 0 radical (unpaired) electrons. The quantitative estimate of drug-likeness (QED) is 0.839. The molecule has 0 aromatic carbocycles. The third kappa shape index (κ3) is 2.37. The molecule has 1 aromatic rings. The number of aromatic nitrogens is 2. The highest BCUT2D eigenvalue weighted by Crippen LogP contribution is 2.34. The summed E-state index contributed by atoms with van der Waals surface area (Å²) >= 11 is 2.00. The largest absolute Gasteiger partial charge is 0.330 e. The molecule has 1 fully saturated rings. The summed E-state index contributed by atoms with van der Waals surface area (Å²) in [5, 5.41) is 4.71. The summed E-state index contributed by atoms with van der Waals surface area (Å²) in [7, 11) is 0. The monoisotopic (exact) mass is 225 g/mol. The van der Waals surface area contributed by atoms with Crippen LogP contribution in [0.3, 0.4) is 0 Å². The number of rotatable bonds is 2. The zero-order chi connectivity index (χ0) is 10.8. The third-order valence-corrected chi connectivity index (χ3v) is 4.15. The van der Waals surface area contributed by atoms with Crippen LogP contribution in [0.5, 0.6) is 0 Å². The van der Waals surface area contributed by atoms with E-state index in [1.807, 2.05) is 24.3 Å². The number of imidazole rings is 1. The Morgan fingerprint density at radius 3 is 3.07 bits per heavy atom. The molecule has 0 spiro atoms. The van der Waals surface area contributed by atoms with Crippen molar-refractivity contribution in [2.24, 2.45) is 0 Å². The molecule has 1 N–H and O–H groups in total. The van der Waals surface area contributed by atoms with Gasteiger partial charge in [-0.05, 0) is 26.8 Å². The van der Waals surface area contributed by atoms with Crippen molar-refractivity contribution in [2.75, 3.05) is 6.54 Å². The average Bonchev–Trinajstić information content (AvgIpc) is 2.65. The Balaban J connectivity index is 2.17. The summed E-state index contributed by atoms with van der Waals surface area (Å²) in [6.45, 7) is 7.81. The fourth-order valence-electron chi connectivity index (χ4n) is 1.89. The van der Waals surface area contributed by atoms with Crippen LogP contribution in [0.15, 0.2) is 12.5 Å². The summed E-state index contributed by atoms with van der Waals surface area (Å²) in [6.07, 6.45) is 5.18. The van der Waals surface area contributed by atoms with E-state index in [4.69, 9.17) is 0 Å². The van der Waals surface area contributed by atoms with Gasteiger partial charge in [0.05, 0.1) is 23.6 Å². The van der Waals surface area contributed by atoms with Crippen molar-refractivity contribution in [3.8, 4) is 0 Å². The average molecular weight is 225 g/mol. The lowest BCUT2D eigenvalue weighted by atomic mass is 10.3. The van der Waals surface area contributed by atoms with Gasteiger partial charge >= 0.3 is 0 Å². The van der Waals surface area contributed by atoms with Gasteiger partial charge in [-0.3, -0.25) is 0 Å². The molecule has 0 aliphatic carbocycles. The second-order valence-electron chi connectivity index (χ2n) is 4.39. The fourth-order valence-corrected chi connectivity index (χ4v) is 3.14. The normalized spacial score (nSPS) is 27.2. The van der Waals surface area contributed by atoms with E-state index >= 15 is 0 Å². The first-order valence-corrected chi connectivity index (χ1v) is 6.53. The smallest absolute Gasteiger partial charge is 0.0960 e. The first-order valence-electron chi connectivity index (χ1n) is 5.59. The van der Waals surface area contributed by atoms with Gasteiger partial charge in [-0.1, -0.05) is 6.92 Å². The van der Waals surface area contributed by atoms with Gasteiger partial charge in [-0.25, -0.2) is 4.98 Å². The van der Waals surface area contributed by atoms with E-state index in [1.54, 1.807) is 0 Å². The minimum atomic E-state index is 0.415. The topological polar surface area (TPSA) is 29.9 Å². The molecule has 84 valence electrons. The van der Waals surface area contributed by atoms with Crippen molar-refractivity contribution in [2.45, 2.75) is 43.9 Å². The summed E-state index contributed by atoms with van der Waals surface area (Å²) in [4.78, 5) is 4.25. The number of nitrogens with one attached hydrogen (secondary N) is 1. The van der Waals surface area contributed by atoms with E-state index in [9.17, 15) is 0 Å². The van der Waals surface area contributed by atoms with Gasteiger partial charge in [0.1, 0.15) is 0 Å². The van der Waals surface area contributed by atoms with Crippen LogP contribution in [0, 0.1) is 0 Å². The molecule has 1 saturated heterocycles. The van der Waals surface area contributed by atoms with Crippen LogP contribution in [-0.4, -0.2) is 21.3 Å². The lowest BCUT2D eigenvalue weighted by Gasteiger charge is -2.29. The van der Waals surface area contributed by atoms with E-state index in [0.717, 1.165) is 11.8 Å². The van der Waals surface area contributed by atoms with Crippen LogP contribution in [0.2, 0.25) is 0 Å². The molecule has 2 rings (SSSR count). The van der Waals surface area contributed by atoms with Crippen molar-refractivity contribution in [3.05, 3.63) is 18.2 Å². The predicted octanol–water partition coefficient (Wildman–Crippen LogP) is 2.58. The highest BCUT2D eigenvalue weighted by Gasteiger charge is 2.23. The zero-order valence-corrected chi connectivity index (χ0v) is 10.4. The molecule has 1 aromatic heterocycles. The maximum absolute atomic E-state index is 4.25. The van der Waals surface area contributed by atoms with Gasteiger partial charge in [0.25, 0.3) is 0 Å². The Kier molecular flexibility index (Phi) is 3.36. The SMILES string of the molecule is CC1CCNC(c2cncn2C(C)C)S1. The fraction of sp³-hybridized carbons (Fsp3) is 0.727. The second kappa shape index (κ2) is 4.58. The first-order chi connectivity index (χ1) is 7.18. The first kappa shape index (κ1) is 11.0. The molecule has 4 heteroatoms. The van der Waals surface area contributed by atoms with Gasteiger partial charge in [-0.2, -0.15) is 0 Å². The molecule has 15 heavy (non-hydrogen) atoms. The predicted molar refractivity (Wildman–Crippen MR) is 65.0 cm³/mol. The lowest BCUT2D eigenvalue weighted by Crippen LogP contribution is -2.30. The van der Waals surface area contributed by atoms with Gasteiger partial charge in [0.2, 0.25) is 0 Å². The van der Waals surface area contributed by atoms with Crippen LogP contribution >= 0.6 is 11.8 Å². The maximum Gasteiger partial charge on any atom is 0.0960 e. The summed E-state index contributed by atoms with van der Waals surface area (Å²) in [5.74, 6) is 0. The molecule has 0 amide bonds. The zero-order valence-electron chi connectivity index (χ0n) is 9.60. The van der Waals surface area contributed by atoms with Gasteiger partial charge in [0, 0.05) is 11.3 Å². The van der Waals surface area contributed by atoms with Crippen LogP contribution in [0.25, 0.3) is 0 Å². The van der Waals surface area contributed by atoms with Crippen molar-refractivity contribution in [1.29, 1.82) is 0 Å². The third-order valence-electron chi connectivity index (χ3n) is 2.77. The Hall–Kier alpha value is -0.480. The van der Waals surface area contributed by atoms with Gasteiger partial charge < -0.3 is 9.88 Å². The number of nitrogens with zero attached hydrogens (tertiary/aromatic N) is 2. The molecule has 1 aliphatic heterocycles. The van der Waals surface area contributed by atoms with Gasteiger partial charge in [-0.15, -0.1) is 11.8 Å². The van der Waals surface area contributed by atoms with E-state index in [0.29, 0.717) is 11.4 Å². The summed E-state index contributed by atoms with van der Waals surface area (Å²) in [6, 6.07) is 0.488. The summed E-state index contributed by atoms with van der Waals surface area (Å²) < 4.78 is 2.25. The Labute approximate surface area is 95.7 Å². The van der Waals surface area contributed by atoms with Crippen molar-refractivity contribution in [1.82, 2.24) is 14.9 Å². The molecule has 0 saturated carbocycles. The van der Waals surface area contributed by atoms with E-state index in [-0.39, 0.29) is 0 Å². The molecule has 2 unspecified atom stereocenters. The molecule has 0 bridgehead atoms. The van der Waals surface area contributed by atoms with Crippen molar-refractivity contribution < 1.29 is 0 Å².